The zero-order valence-electron chi connectivity index (χ0n) is 19.2. The van der Waals surface area contributed by atoms with Gasteiger partial charge < -0.3 is 26.3 Å². The standard InChI is InChI=1S/C14H15N3O2.C9H11NO2.C2H6/c15-11-3-1-10(2-4-11)9-19-14(18)17-13-7-5-12(16)6-8-13;1-10-9-4-2-8(3-5-9)6-12-7-11;1-2/h1-8H,9,15-16H2,(H,17,18);2-5,7,10H,6H2,1H3;1-2H3. The highest BCUT2D eigenvalue weighted by atomic mass is 16.5. The Morgan fingerprint density at radius 2 is 1.24 bits per heavy atom. The zero-order chi connectivity index (χ0) is 24.5. The molecule has 0 heterocycles. The Hall–Kier alpha value is -4.20. The third-order valence-electron chi connectivity index (χ3n) is 4.07. The minimum Gasteiger partial charge on any atom is -0.463 e. The van der Waals surface area contributed by atoms with Gasteiger partial charge in [0.25, 0.3) is 6.47 Å². The van der Waals surface area contributed by atoms with E-state index in [-0.39, 0.29) is 6.61 Å². The van der Waals surface area contributed by atoms with Gasteiger partial charge in [0.1, 0.15) is 13.2 Å². The summed E-state index contributed by atoms with van der Waals surface area (Å²) < 4.78 is 9.67. The van der Waals surface area contributed by atoms with E-state index in [1.807, 2.05) is 57.3 Å². The first-order valence-corrected chi connectivity index (χ1v) is 10.5. The Morgan fingerprint density at radius 1 is 0.788 bits per heavy atom. The molecule has 1 amide bonds. The Morgan fingerprint density at radius 3 is 1.76 bits per heavy atom. The van der Waals surface area contributed by atoms with Crippen molar-refractivity contribution in [3.05, 3.63) is 83.9 Å². The summed E-state index contributed by atoms with van der Waals surface area (Å²) in [5, 5.41) is 5.61. The van der Waals surface area contributed by atoms with Gasteiger partial charge in [-0.1, -0.05) is 38.1 Å². The van der Waals surface area contributed by atoms with Crippen LogP contribution in [0.25, 0.3) is 0 Å². The SMILES string of the molecule is CC.CNc1ccc(COC=O)cc1.Nc1ccc(COC(=O)Nc2ccc(N)cc2)cc1. The van der Waals surface area contributed by atoms with Crippen molar-refractivity contribution in [2.75, 3.05) is 29.1 Å². The molecule has 6 N–H and O–H groups in total. The molecule has 0 radical (unpaired) electrons. The van der Waals surface area contributed by atoms with Gasteiger partial charge in [0.05, 0.1) is 0 Å². The lowest BCUT2D eigenvalue weighted by atomic mass is 10.2. The molecule has 0 atom stereocenters. The van der Waals surface area contributed by atoms with Gasteiger partial charge in [-0.25, -0.2) is 4.79 Å². The van der Waals surface area contributed by atoms with Gasteiger partial charge in [0.15, 0.2) is 0 Å². The van der Waals surface area contributed by atoms with E-state index in [4.69, 9.17) is 16.2 Å². The van der Waals surface area contributed by atoms with Crippen LogP contribution in [0.4, 0.5) is 27.5 Å². The second kappa shape index (κ2) is 15.6. The number of nitrogens with one attached hydrogen (secondary N) is 2. The van der Waals surface area contributed by atoms with Crippen LogP contribution < -0.4 is 22.1 Å². The molecular weight excluding hydrogens is 420 g/mol. The number of anilines is 4. The fraction of sp³-hybridized carbons (Fsp3) is 0.200. The normalized spacial score (nSPS) is 9.18. The molecule has 8 nitrogen and oxygen atoms in total. The quantitative estimate of drug-likeness (QED) is 0.292. The summed E-state index contributed by atoms with van der Waals surface area (Å²) in [6.07, 6.45) is -0.512. The maximum atomic E-state index is 11.5. The number of amides is 1. The van der Waals surface area contributed by atoms with Crippen LogP contribution in [0.15, 0.2) is 72.8 Å². The van der Waals surface area contributed by atoms with Gasteiger partial charge in [0.2, 0.25) is 0 Å². The van der Waals surface area contributed by atoms with Crippen molar-refractivity contribution >= 4 is 35.3 Å². The van der Waals surface area contributed by atoms with Crippen molar-refractivity contribution in [2.45, 2.75) is 27.1 Å². The third-order valence-corrected chi connectivity index (χ3v) is 4.07. The molecule has 0 bridgehead atoms. The molecule has 176 valence electrons. The highest BCUT2D eigenvalue weighted by Crippen LogP contribution is 2.12. The second-order valence-electron chi connectivity index (χ2n) is 6.42. The number of nitrogen functional groups attached to an aromatic ring is 2. The van der Waals surface area contributed by atoms with Crippen molar-refractivity contribution in [3.8, 4) is 0 Å². The number of benzene rings is 3. The van der Waals surface area contributed by atoms with Crippen LogP contribution in [-0.4, -0.2) is 19.6 Å². The summed E-state index contributed by atoms with van der Waals surface area (Å²) in [7, 11) is 1.86. The Kier molecular flexibility index (Phi) is 12.7. The van der Waals surface area contributed by atoms with E-state index in [1.54, 1.807) is 36.4 Å². The van der Waals surface area contributed by atoms with E-state index in [2.05, 4.69) is 15.4 Å². The zero-order valence-corrected chi connectivity index (χ0v) is 19.2. The van der Waals surface area contributed by atoms with Crippen LogP contribution in [0.5, 0.6) is 0 Å². The lowest BCUT2D eigenvalue weighted by Gasteiger charge is -2.07. The van der Waals surface area contributed by atoms with E-state index >= 15 is 0 Å². The first kappa shape index (κ1) is 26.8. The predicted molar refractivity (Wildman–Crippen MR) is 134 cm³/mol. The number of rotatable bonds is 7. The molecule has 0 aromatic heterocycles. The Bertz CT molecular complexity index is 944. The fourth-order valence-corrected chi connectivity index (χ4v) is 2.38. The van der Waals surface area contributed by atoms with E-state index < -0.39 is 6.09 Å². The van der Waals surface area contributed by atoms with Gasteiger partial charge in [-0.2, -0.15) is 0 Å². The molecule has 0 fully saturated rings. The lowest BCUT2D eigenvalue weighted by molar-refractivity contribution is -0.129. The average Bonchev–Trinajstić information content (AvgIpc) is 2.86. The van der Waals surface area contributed by atoms with Crippen LogP contribution >= 0.6 is 0 Å². The third kappa shape index (κ3) is 11.1. The Labute approximate surface area is 194 Å². The van der Waals surface area contributed by atoms with Crippen LogP contribution in [-0.2, 0) is 27.5 Å². The molecule has 33 heavy (non-hydrogen) atoms. The molecule has 0 aliphatic carbocycles. The van der Waals surface area contributed by atoms with Crippen LogP contribution in [0, 0.1) is 0 Å². The average molecular weight is 453 g/mol. The molecular formula is C25H32N4O4. The van der Waals surface area contributed by atoms with Gasteiger partial charge >= 0.3 is 6.09 Å². The summed E-state index contributed by atoms with van der Waals surface area (Å²) in [4.78, 5) is 21.4. The second-order valence-corrected chi connectivity index (χ2v) is 6.42. The summed E-state index contributed by atoms with van der Waals surface area (Å²) in [6, 6.07) is 21.7. The maximum Gasteiger partial charge on any atom is 0.411 e. The van der Waals surface area contributed by atoms with E-state index in [9.17, 15) is 9.59 Å². The number of carbonyl (C=O) groups is 2. The fourth-order valence-electron chi connectivity index (χ4n) is 2.38. The van der Waals surface area contributed by atoms with Crippen LogP contribution in [0.1, 0.15) is 25.0 Å². The number of ether oxygens (including phenoxy) is 2. The monoisotopic (exact) mass is 452 g/mol. The summed E-state index contributed by atoms with van der Waals surface area (Å²) in [6.45, 7) is 4.99. The molecule has 3 aromatic carbocycles. The number of carbonyl (C=O) groups excluding carboxylic acids is 2. The highest BCUT2D eigenvalue weighted by Gasteiger charge is 2.03. The minimum atomic E-state index is -0.512. The topological polar surface area (TPSA) is 129 Å². The molecule has 0 saturated carbocycles. The largest absolute Gasteiger partial charge is 0.463 e. The first-order chi connectivity index (χ1) is 16.0. The molecule has 8 heteroatoms. The molecule has 0 spiro atoms. The molecule has 3 aromatic rings. The van der Waals surface area contributed by atoms with Crippen molar-refractivity contribution in [3.63, 3.8) is 0 Å². The van der Waals surface area contributed by atoms with E-state index in [1.165, 1.54) is 0 Å². The highest BCUT2D eigenvalue weighted by molar-refractivity contribution is 5.84. The number of nitrogens with two attached hydrogens (primary N) is 2. The molecule has 3 rings (SSSR count). The summed E-state index contributed by atoms with van der Waals surface area (Å²) >= 11 is 0. The van der Waals surface area contributed by atoms with Crippen molar-refractivity contribution in [2.24, 2.45) is 0 Å². The first-order valence-electron chi connectivity index (χ1n) is 10.5. The van der Waals surface area contributed by atoms with Crippen molar-refractivity contribution in [1.29, 1.82) is 0 Å². The Balaban J connectivity index is 0.000000335. The maximum absolute atomic E-state index is 11.5. The molecule has 0 aliphatic rings. The van der Waals surface area contributed by atoms with Gasteiger partial charge in [-0.15, -0.1) is 0 Å². The van der Waals surface area contributed by atoms with Crippen molar-refractivity contribution in [1.82, 2.24) is 0 Å². The van der Waals surface area contributed by atoms with Crippen LogP contribution in [0.3, 0.4) is 0 Å². The van der Waals surface area contributed by atoms with Crippen LogP contribution in [0.2, 0.25) is 0 Å². The van der Waals surface area contributed by atoms with Gasteiger partial charge in [0, 0.05) is 29.8 Å². The van der Waals surface area contributed by atoms with Gasteiger partial charge in [-0.05, 0) is 59.7 Å². The molecule has 0 aliphatic heterocycles. The van der Waals surface area contributed by atoms with E-state index in [0.29, 0.717) is 30.1 Å². The smallest absolute Gasteiger partial charge is 0.411 e. The summed E-state index contributed by atoms with van der Waals surface area (Å²) in [5.41, 5.74) is 16.0. The lowest BCUT2D eigenvalue weighted by Crippen LogP contribution is -2.13. The summed E-state index contributed by atoms with van der Waals surface area (Å²) in [5.74, 6) is 0. The predicted octanol–water partition coefficient (Wildman–Crippen LogP) is 5.03. The van der Waals surface area contributed by atoms with E-state index in [0.717, 1.165) is 16.8 Å². The molecule has 0 unspecified atom stereocenters. The van der Waals surface area contributed by atoms with Crippen molar-refractivity contribution < 1.29 is 19.1 Å². The molecule has 0 saturated heterocycles. The number of hydrogen-bond donors (Lipinski definition) is 4. The minimum absolute atomic E-state index is 0.196. The van der Waals surface area contributed by atoms with Gasteiger partial charge in [-0.3, -0.25) is 10.1 Å². The number of hydrogen-bond acceptors (Lipinski definition) is 7.